The molecular formula is C25H23N7O4. The second-order valence-electron chi connectivity index (χ2n) is 8.36. The number of carbonyl (C=O) groups excluding carboxylic acids is 1. The highest BCUT2D eigenvalue weighted by atomic mass is 16.5. The molecular weight excluding hydrogens is 462 g/mol. The standard InChI is InChI=1S/C25H23N7O4/c1-16-12-21(30-36-16)22-14-27-23-19-4-2-3-5-20(19)25(29-32(22)23)35-15-18-7-6-17(13-26-18)24(33)28-31-8-10-34-11-9-31/h2-7,12-15,26H,8-11H2,1H3,(H,28,33). The van der Waals surface area contributed by atoms with Gasteiger partial charge in [0.25, 0.3) is 5.91 Å². The van der Waals surface area contributed by atoms with E-state index in [1.165, 1.54) is 0 Å². The fourth-order valence-electron chi connectivity index (χ4n) is 4.04. The summed E-state index contributed by atoms with van der Waals surface area (Å²) < 4.78 is 18.3. The van der Waals surface area contributed by atoms with E-state index in [1.54, 1.807) is 35.3 Å². The summed E-state index contributed by atoms with van der Waals surface area (Å²) in [6, 6.07) is 9.60. The van der Waals surface area contributed by atoms with Crippen molar-refractivity contribution in [2.45, 2.75) is 6.92 Å². The molecule has 11 nitrogen and oxygen atoms in total. The van der Waals surface area contributed by atoms with Gasteiger partial charge in [0.05, 0.1) is 30.7 Å². The summed E-state index contributed by atoms with van der Waals surface area (Å²) in [6.45, 7) is 4.36. The van der Waals surface area contributed by atoms with Gasteiger partial charge in [0.15, 0.2) is 5.65 Å². The molecule has 3 aromatic heterocycles. The third kappa shape index (κ3) is 4.21. The number of amides is 1. The molecule has 6 rings (SSSR count). The fourth-order valence-corrected chi connectivity index (χ4v) is 4.04. The highest BCUT2D eigenvalue weighted by Gasteiger charge is 2.18. The molecule has 1 fully saturated rings. The Kier molecular flexibility index (Phi) is 5.68. The molecule has 2 aliphatic rings. The lowest BCUT2D eigenvalue weighted by Crippen LogP contribution is -2.48. The van der Waals surface area contributed by atoms with Crippen LogP contribution in [0.15, 0.2) is 76.9 Å². The average Bonchev–Trinajstić information content (AvgIpc) is 3.54. The number of hydrogen-bond acceptors (Lipinski definition) is 9. The summed E-state index contributed by atoms with van der Waals surface area (Å²) in [5.41, 5.74) is 6.09. The van der Waals surface area contributed by atoms with Crippen LogP contribution in [0.5, 0.6) is 5.88 Å². The molecule has 1 amide bonds. The second-order valence-corrected chi connectivity index (χ2v) is 8.36. The van der Waals surface area contributed by atoms with Crippen molar-refractivity contribution < 1.29 is 18.8 Å². The molecule has 0 aliphatic carbocycles. The second kappa shape index (κ2) is 9.29. The zero-order valence-electron chi connectivity index (χ0n) is 19.5. The van der Waals surface area contributed by atoms with Crippen molar-refractivity contribution in [2.24, 2.45) is 0 Å². The first-order valence-electron chi connectivity index (χ1n) is 11.5. The number of nitrogens with zero attached hydrogens (tertiary/aromatic N) is 5. The number of benzene rings is 1. The Balaban J connectivity index is 1.24. The summed E-state index contributed by atoms with van der Waals surface area (Å²) in [6.07, 6.45) is 8.42. The van der Waals surface area contributed by atoms with Crippen LogP contribution >= 0.6 is 0 Å². The highest BCUT2D eigenvalue weighted by molar-refractivity contribution is 5.97. The number of aromatic nitrogens is 4. The molecule has 0 saturated carbocycles. The maximum Gasteiger partial charge on any atom is 0.267 e. The summed E-state index contributed by atoms with van der Waals surface area (Å²) in [5.74, 6) is 0.915. The third-order valence-electron chi connectivity index (χ3n) is 5.88. The molecule has 2 aliphatic heterocycles. The molecule has 11 heteroatoms. The van der Waals surface area contributed by atoms with E-state index in [0.717, 1.165) is 10.8 Å². The first kappa shape index (κ1) is 22.0. The minimum absolute atomic E-state index is 0.186. The number of nitrogens with one attached hydrogen (secondary N) is 2. The molecule has 36 heavy (non-hydrogen) atoms. The summed E-state index contributed by atoms with van der Waals surface area (Å²) in [5, 5.41) is 15.5. The first-order chi connectivity index (χ1) is 17.7. The monoisotopic (exact) mass is 485 g/mol. The Morgan fingerprint density at radius 1 is 1.19 bits per heavy atom. The van der Waals surface area contributed by atoms with Gasteiger partial charge in [-0.2, -0.15) is 0 Å². The van der Waals surface area contributed by atoms with E-state index in [4.69, 9.17) is 19.1 Å². The van der Waals surface area contributed by atoms with E-state index in [2.05, 4.69) is 20.9 Å². The number of hydrogen-bond donors (Lipinski definition) is 2. The van der Waals surface area contributed by atoms with Crippen LogP contribution < -0.4 is 15.5 Å². The smallest absolute Gasteiger partial charge is 0.267 e. The topological polar surface area (TPSA) is 119 Å². The molecule has 1 saturated heterocycles. The molecule has 5 heterocycles. The number of allylic oxidation sites excluding steroid dienone is 1. The van der Waals surface area contributed by atoms with Crippen LogP contribution in [0.25, 0.3) is 27.8 Å². The van der Waals surface area contributed by atoms with Crippen molar-refractivity contribution in [1.29, 1.82) is 0 Å². The maximum absolute atomic E-state index is 12.5. The van der Waals surface area contributed by atoms with Crippen molar-refractivity contribution in [3.63, 3.8) is 0 Å². The van der Waals surface area contributed by atoms with E-state index >= 15 is 0 Å². The van der Waals surface area contributed by atoms with Gasteiger partial charge < -0.3 is 19.3 Å². The van der Waals surface area contributed by atoms with Gasteiger partial charge in [-0.1, -0.05) is 23.4 Å². The molecule has 0 radical (unpaired) electrons. The number of imidazole rings is 1. The number of aryl methyl sites for hydroxylation is 1. The van der Waals surface area contributed by atoms with Crippen LogP contribution in [0.3, 0.4) is 0 Å². The zero-order valence-corrected chi connectivity index (χ0v) is 19.5. The molecule has 0 bridgehead atoms. The van der Waals surface area contributed by atoms with Crippen LogP contribution in [-0.4, -0.2) is 57.0 Å². The van der Waals surface area contributed by atoms with E-state index < -0.39 is 0 Å². The highest BCUT2D eigenvalue weighted by Crippen LogP contribution is 2.30. The number of morpholine rings is 1. The van der Waals surface area contributed by atoms with Crippen LogP contribution in [-0.2, 0) is 9.53 Å². The SMILES string of the molecule is Cc1cc(-c2cnc3c4ccccc4c(OC=C4C=CC(C(=O)NN5CCOCC5)=CN4)nn23)no1. The lowest BCUT2D eigenvalue weighted by atomic mass is 10.2. The quantitative estimate of drug-likeness (QED) is 0.411. The number of carbonyl (C=O) groups is 1. The Hall–Kier alpha value is -4.48. The number of fused-ring (bicyclic) bond motifs is 3. The number of rotatable bonds is 5. The Morgan fingerprint density at radius 2 is 2.03 bits per heavy atom. The van der Waals surface area contributed by atoms with Crippen LogP contribution in [0.4, 0.5) is 0 Å². The number of ether oxygens (including phenoxy) is 2. The van der Waals surface area contributed by atoms with Gasteiger partial charge in [-0.05, 0) is 25.1 Å². The van der Waals surface area contributed by atoms with E-state index in [0.29, 0.717) is 66.2 Å². The number of dihydropyridines is 1. The Bertz CT molecular complexity index is 1540. The molecule has 1 aromatic carbocycles. The first-order valence-corrected chi connectivity index (χ1v) is 11.5. The van der Waals surface area contributed by atoms with Crippen molar-refractivity contribution in [1.82, 2.24) is 35.5 Å². The Morgan fingerprint density at radius 3 is 2.78 bits per heavy atom. The average molecular weight is 486 g/mol. The van der Waals surface area contributed by atoms with Gasteiger partial charge in [-0.3, -0.25) is 10.2 Å². The van der Waals surface area contributed by atoms with E-state index in [1.807, 2.05) is 42.3 Å². The van der Waals surface area contributed by atoms with Crippen LogP contribution in [0.1, 0.15) is 5.76 Å². The summed E-state index contributed by atoms with van der Waals surface area (Å²) in [4.78, 5) is 17.1. The zero-order chi connectivity index (χ0) is 24.5. The third-order valence-corrected chi connectivity index (χ3v) is 5.88. The minimum Gasteiger partial charge on any atom is -0.443 e. The molecule has 0 unspecified atom stereocenters. The minimum atomic E-state index is -0.186. The van der Waals surface area contributed by atoms with Crippen molar-refractivity contribution in [3.05, 3.63) is 78.2 Å². The molecule has 2 N–H and O–H groups in total. The molecule has 0 spiro atoms. The summed E-state index contributed by atoms with van der Waals surface area (Å²) >= 11 is 0. The van der Waals surface area contributed by atoms with E-state index in [-0.39, 0.29) is 5.91 Å². The van der Waals surface area contributed by atoms with Gasteiger partial charge in [0.2, 0.25) is 5.88 Å². The maximum atomic E-state index is 12.5. The normalized spacial score (nSPS) is 17.4. The van der Waals surface area contributed by atoms with E-state index in [9.17, 15) is 4.79 Å². The fraction of sp³-hybridized carbons (Fsp3) is 0.200. The Labute approximate surface area is 205 Å². The van der Waals surface area contributed by atoms with Crippen molar-refractivity contribution in [2.75, 3.05) is 26.3 Å². The summed E-state index contributed by atoms with van der Waals surface area (Å²) in [7, 11) is 0. The lowest BCUT2D eigenvalue weighted by molar-refractivity contribution is -0.123. The van der Waals surface area contributed by atoms with Gasteiger partial charge in [-0.15, -0.1) is 5.10 Å². The predicted molar refractivity (Wildman–Crippen MR) is 130 cm³/mol. The van der Waals surface area contributed by atoms with Gasteiger partial charge >= 0.3 is 0 Å². The van der Waals surface area contributed by atoms with Gasteiger partial charge in [0, 0.05) is 36.1 Å². The predicted octanol–water partition coefficient (Wildman–Crippen LogP) is 2.47. The lowest BCUT2D eigenvalue weighted by Gasteiger charge is -2.27. The van der Waals surface area contributed by atoms with Crippen LogP contribution in [0.2, 0.25) is 0 Å². The molecule has 182 valence electrons. The van der Waals surface area contributed by atoms with Crippen LogP contribution in [0, 0.1) is 6.92 Å². The molecule has 4 aromatic rings. The largest absolute Gasteiger partial charge is 0.443 e. The molecule has 0 atom stereocenters. The van der Waals surface area contributed by atoms with Gasteiger partial charge in [-0.25, -0.2) is 14.5 Å². The number of hydrazine groups is 1. The van der Waals surface area contributed by atoms with Crippen molar-refractivity contribution >= 4 is 22.3 Å². The van der Waals surface area contributed by atoms with Crippen molar-refractivity contribution in [3.8, 4) is 17.3 Å². The van der Waals surface area contributed by atoms with Gasteiger partial charge in [0.1, 0.15) is 23.4 Å².